The highest BCUT2D eigenvalue weighted by atomic mass is 16.5. The highest BCUT2D eigenvalue weighted by molar-refractivity contribution is 5.99. The lowest BCUT2D eigenvalue weighted by molar-refractivity contribution is -0.191. The zero-order valence-corrected chi connectivity index (χ0v) is 45.3. The summed E-state index contributed by atoms with van der Waals surface area (Å²) in [5, 5.41) is 18.6. The molecular formula is C61H68N11O8+. The number of nitrogen functional groups attached to an aromatic ring is 2. The van der Waals surface area contributed by atoms with E-state index < -0.39 is 11.9 Å². The van der Waals surface area contributed by atoms with Crippen LogP contribution >= 0.6 is 0 Å². The van der Waals surface area contributed by atoms with Gasteiger partial charge in [0.05, 0.1) is 29.9 Å². The van der Waals surface area contributed by atoms with Crippen molar-refractivity contribution in [1.29, 1.82) is 0 Å². The molecule has 80 heavy (non-hydrogen) atoms. The average Bonchev–Trinajstić information content (AvgIpc) is 3.96. The number of nitrogens with two attached hydrogens (primary N) is 2. The van der Waals surface area contributed by atoms with Crippen molar-refractivity contribution in [2.45, 2.75) is 109 Å². The summed E-state index contributed by atoms with van der Waals surface area (Å²) in [5.41, 5.74) is 25.0. The molecular weight excluding hydrogens is 1010 g/mol. The number of ketones is 1. The maximum Gasteiger partial charge on any atom is 0.373 e. The first-order chi connectivity index (χ1) is 38.9. The topological polar surface area (TPSA) is 269 Å². The number of carbonyl (C=O) groups excluding carboxylic acids is 5. The summed E-state index contributed by atoms with van der Waals surface area (Å²) in [7, 11) is 1.86. The minimum absolute atomic E-state index is 0.0147. The van der Waals surface area contributed by atoms with Crippen LogP contribution in [0, 0.1) is 5.92 Å². The number of ether oxygens (including phenoxy) is 1. The maximum atomic E-state index is 13.9. The number of nitrogens with one attached hydrogen (secondary N) is 2. The number of carbonyl (C=O) groups is 4. The van der Waals surface area contributed by atoms with Crippen LogP contribution in [0.15, 0.2) is 66.9 Å². The van der Waals surface area contributed by atoms with Gasteiger partial charge in [0.1, 0.15) is 24.6 Å². The number of rotatable bonds is 18. The molecule has 2 aromatic heterocycles. The fourth-order valence-corrected chi connectivity index (χ4v) is 12.3. The second-order valence-corrected chi connectivity index (χ2v) is 21.5. The number of fused-ring (bicyclic) bond motifs is 5. The van der Waals surface area contributed by atoms with Crippen LogP contribution < -0.4 is 51.8 Å². The number of aryl methyl sites for hydroxylation is 2. The molecule has 5 aliphatic rings. The van der Waals surface area contributed by atoms with E-state index in [-0.39, 0.29) is 54.8 Å². The van der Waals surface area contributed by atoms with Gasteiger partial charge in [-0.15, -0.1) is 0 Å². The number of carboxylic acid groups (broad SMARTS) is 1. The predicted octanol–water partition coefficient (Wildman–Crippen LogP) is 5.62. The summed E-state index contributed by atoms with van der Waals surface area (Å²) in [6, 6.07) is 19.9. The molecule has 0 saturated carbocycles. The second kappa shape index (κ2) is 24.6. The Hall–Kier alpha value is -8.57. The van der Waals surface area contributed by atoms with E-state index >= 15 is 0 Å². The quantitative estimate of drug-likeness (QED) is 0.0396. The lowest BCUT2D eigenvalue weighted by Gasteiger charge is -2.35. The molecule has 0 aliphatic carbocycles. The first-order valence-electron chi connectivity index (χ1n) is 28.1. The Morgan fingerprint density at radius 2 is 1.56 bits per heavy atom. The summed E-state index contributed by atoms with van der Waals surface area (Å²) in [4.78, 5) is 89.8. The summed E-state index contributed by atoms with van der Waals surface area (Å²) < 4.78 is 9.91. The van der Waals surface area contributed by atoms with Crippen molar-refractivity contribution in [2.75, 3.05) is 67.6 Å². The zero-order valence-electron chi connectivity index (χ0n) is 45.3. The van der Waals surface area contributed by atoms with Crippen molar-refractivity contribution in [3.8, 4) is 11.5 Å². The van der Waals surface area contributed by atoms with Gasteiger partial charge in [-0.1, -0.05) is 12.1 Å². The zero-order chi connectivity index (χ0) is 55.9. The number of benzene rings is 4. The third-order valence-corrected chi connectivity index (χ3v) is 16.1. The number of aromatic nitrogens is 4. The van der Waals surface area contributed by atoms with Crippen LogP contribution in [-0.2, 0) is 51.4 Å². The van der Waals surface area contributed by atoms with Gasteiger partial charge in [-0.2, -0.15) is 19.6 Å². The SMILES string of the molecule is CN(Cc1cnc2nc(N)nc(N)c2n1)c1ccc(C(=O)CC(CCC(=O)NCCCCCNC(=O)c2cccc(C3=c4cc5c6c(c4Oc4c3cc3c7c4CCCN7CCCC3)CCC[N+]=6CCCC5)c2)C(=O)O)cc1.O=C=O. The molecule has 1 unspecified atom stereocenters. The van der Waals surface area contributed by atoms with Crippen LogP contribution in [0.1, 0.15) is 137 Å². The molecule has 7 N–H and O–H groups in total. The number of Topliss-reactive ketones (excluding diaryl/α,β-unsaturated/α-hetero) is 1. The van der Waals surface area contributed by atoms with Gasteiger partial charge in [0.15, 0.2) is 22.8 Å². The van der Waals surface area contributed by atoms with E-state index in [0.717, 1.165) is 111 Å². The number of aliphatic carboxylic acids is 1. The normalized spacial score (nSPS) is 15.2. The fourth-order valence-electron chi connectivity index (χ4n) is 12.3. The Morgan fingerprint density at radius 1 is 0.812 bits per heavy atom. The number of unbranched alkanes of at least 4 members (excludes halogenated alkanes) is 2. The Labute approximate surface area is 463 Å². The Balaban J connectivity index is 0.00000235. The van der Waals surface area contributed by atoms with Gasteiger partial charge in [0.2, 0.25) is 17.2 Å². The minimum Gasteiger partial charge on any atom is -0.481 e. The third kappa shape index (κ3) is 11.9. The van der Waals surface area contributed by atoms with Gasteiger partial charge in [-0.25, -0.2) is 14.5 Å². The van der Waals surface area contributed by atoms with E-state index in [9.17, 15) is 24.3 Å². The molecule has 0 spiro atoms. The van der Waals surface area contributed by atoms with Crippen LogP contribution in [0.5, 0.6) is 11.5 Å². The molecule has 7 heterocycles. The van der Waals surface area contributed by atoms with Crippen LogP contribution in [0.25, 0.3) is 16.7 Å². The van der Waals surface area contributed by atoms with Gasteiger partial charge in [-0.05, 0) is 137 Å². The number of nitrogens with zero attached hydrogens (tertiary/aromatic N) is 7. The number of hydrogen-bond acceptors (Lipinski definition) is 15. The molecule has 1 atom stereocenters. The monoisotopic (exact) mass is 1080 g/mol. The maximum absolute atomic E-state index is 13.9. The summed E-state index contributed by atoms with van der Waals surface area (Å²) in [6.45, 7) is 5.66. The summed E-state index contributed by atoms with van der Waals surface area (Å²) in [5.74, 6) is -0.663. The molecule has 19 nitrogen and oxygen atoms in total. The summed E-state index contributed by atoms with van der Waals surface area (Å²) in [6.07, 6.45) is 14.9. The lowest BCUT2D eigenvalue weighted by atomic mass is 9.84. The van der Waals surface area contributed by atoms with Crippen molar-refractivity contribution < 1.29 is 38.6 Å². The van der Waals surface area contributed by atoms with Crippen LogP contribution in [0.3, 0.4) is 0 Å². The van der Waals surface area contributed by atoms with E-state index in [2.05, 4.69) is 64.3 Å². The fraction of sp³-hybridized carbons (Fsp3) is 0.410. The van der Waals surface area contributed by atoms with E-state index in [1.807, 2.05) is 24.1 Å². The molecule has 4 aromatic carbocycles. The van der Waals surface area contributed by atoms with Crippen molar-refractivity contribution in [2.24, 2.45) is 5.92 Å². The van der Waals surface area contributed by atoms with Gasteiger partial charge >= 0.3 is 12.1 Å². The highest BCUT2D eigenvalue weighted by Crippen LogP contribution is 2.48. The second-order valence-electron chi connectivity index (χ2n) is 21.5. The molecule has 0 bridgehead atoms. The van der Waals surface area contributed by atoms with Crippen molar-refractivity contribution in [3.63, 3.8) is 0 Å². The Morgan fingerprint density at radius 3 is 2.38 bits per heavy atom. The average molecular weight is 1080 g/mol. The van der Waals surface area contributed by atoms with Gasteiger partial charge in [0.25, 0.3) is 5.91 Å². The predicted molar refractivity (Wildman–Crippen MR) is 302 cm³/mol. The van der Waals surface area contributed by atoms with E-state index in [1.165, 1.54) is 64.6 Å². The third-order valence-electron chi connectivity index (χ3n) is 16.1. The molecule has 0 saturated heterocycles. The van der Waals surface area contributed by atoms with Crippen LogP contribution in [0.4, 0.5) is 23.1 Å². The number of hydrogen-bond donors (Lipinski definition) is 5. The largest absolute Gasteiger partial charge is 0.481 e. The Kier molecular flexibility index (Phi) is 16.9. The van der Waals surface area contributed by atoms with Crippen molar-refractivity contribution >= 4 is 69.6 Å². The Bertz CT molecular complexity index is 3560. The summed E-state index contributed by atoms with van der Waals surface area (Å²) >= 11 is 0. The van der Waals surface area contributed by atoms with Gasteiger partial charge in [-0.3, -0.25) is 19.2 Å². The van der Waals surface area contributed by atoms with E-state index in [4.69, 9.17) is 25.8 Å². The smallest absolute Gasteiger partial charge is 0.373 e. The van der Waals surface area contributed by atoms with Crippen molar-refractivity contribution in [1.82, 2.24) is 35.1 Å². The van der Waals surface area contributed by atoms with Crippen molar-refractivity contribution in [3.05, 3.63) is 128 Å². The molecule has 2 amide bonds. The first-order valence-corrected chi connectivity index (χ1v) is 28.1. The highest BCUT2D eigenvalue weighted by Gasteiger charge is 2.35. The molecule has 414 valence electrons. The van der Waals surface area contributed by atoms with Crippen LogP contribution in [0.2, 0.25) is 0 Å². The van der Waals surface area contributed by atoms with E-state index in [0.29, 0.717) is 54.0 Å². The molecule has 0 radical (unpaired) electrons. The lowest BCUT2D eigenvalue weighted by Crippen LogP contribution is -2.41. The molecule has 11 rings (SSSR count). The van der Waals surface area contributed by atoms with Gasteiger partial charge < -0.3 is 41.7 Å². The van der Waals surface area contributed by atoms with Gasteiger partial charge in [0, 0.05) is 109 Å². The molecule has 0 fully saturated rings. The molecule has 19 heteroatoms. The number of anilines is 4. The number of amides is 2. The number of carboxylic acids is 1. The molecule has 5 aliphatic heterocycles. The van der Waals surface area contributed by atoms with E-state index in [1.54, 1.807) is 30.5 Å². The first kappa shape index (κ1) is 54.8. The van der Waals surface area contributed by atoms with Crippen LogP contribution in [-0.4, -0.2) is 101 Å². The standard InChI is InChI=1S/C60H67N11O6.CO2/c1-69(35-42-34-65-57-51(66-42)56(61)67-60(62)68-57)43-21-18-36(19-22-43)48(72)33-41(59(75)76)20-23-49(73)63-24-5-2-6-25-64-58(74)40-15-9-14-37(30-40)50-46-31-38-12-3-7-26-70-28-10-16-44(52(38)70)54(46)77-55-45-17-11-29-71-27-8-4-13-39(53(45)71)32-47(50)55;2-1-3/h9,14-15,18-19,21-22,30-32,34,41H,2-8,10-13,16-17,20,23-29,33,35H2,1H3,(H6-,61,62,63,64,65,67,68,73,74,75,76);/p+1. The minimum atomic E-state index is -1.12. The molecule has 6 aromatic rings.